The Balaban J connectivity index is 2.44. The van der Waals surface area contributed by atoms with Crippen molar-refractivity contribution in [3.05, 3.63) is 18.5 Å². The molecule has 0 unspecified atom stereocenters. The molecule has 0 atom stereocenters. The molecule has 0 aliphatic heterocycles. The summed E-state index contributed by atoms with van der Waals surface area (Å²) in [6, 6.07) is 1.74. The average Bonchev–Trinajstić information content (AvgIpc) is 2.44. The first-order valence-electron chi connectivity index (χ1n) is 3.71. The minimum absolute atomic E-state index is 0.198. The van der Waals surface area contributed by atoms with E-state index >= 15 is 0 Å². The molecular formula is C7H7N5O. The van der Waals surface area contributed by atoms with E-state index in [0.29, 0.717) is 5.78 Å². The summed E-state index contributed by atoms with van der Waals surface area (Å²) in [6.45, 7) is 1.40. The molecule has 1 N–H and O–H groups in total. The van der Waals surface area contributed by atoms with E-state index in [2.05, 4.69) is 20.4 Å². The first-order valence-corrected chi connectivity index (χ1v) is 3.71. The Bertz CT molecular complexity index is 416. The lowest BCUT2D eigenvalue weighted by atomic mass is 10.7. The molecule has 0 spiro atoms. The van der Waals surface area contributed by atoms with Crippen LogP contribution in [0.3, 0.4) is 0 Å². The van der Waals surface area contributed by atoms with Crippen molar-refractivity contribution >= 4 is 17.6 Å². The molecule has 0 fully saturated rings. The number of hydrogen-bond acceptors (Lipinski definition) is 4. The van der Waals surface area contributed by atoms with E-state index in [1.165, 1.54) is 11.4 Å². The van der Waals surface area contributed by atoms with E-state index in [0.717, 1.165) is 0 Å². The van der Waals surface area contributed by atoms with Crippen LogP contribution in [0.25, 0.3) is 5.78 Å². The predicted octanol–water partition coefficient (Wildman–Crippen LogP) is 0.0827. The second kappa shape index (κ2) is 2.81. The highest BCUT2D eigenvalue weighted by atomic mass is 16.1. The number of aromatic nitrogens is 4. The lowest BCUT2D eigenvalue weighted by molar-refractivity contribution is -0.114. The van der Waals surface area contributed by atoms with Gasteiger partial charge in [0.25, 0.3) is 11.7 Å². The van der Waals surface area contributed by atoms with Gasteiger partial charge in [-0.25, -0.2) is 9.50 Å². The number of hydrogen-bond donors (Lipinski definition) is 1. The lowest BCUT2D eigenvalue weighted by Gasteiger charge is -1.89. The van der Waals surface area contributed by atoms with Crippen molar-refractivity contribution < 1.29 is 4.79 Å². The second-order valence-electron chi connectivity index (χ2n) is 2.48. The van der Waals surface area contributed by atoms with E-state index in [1.54, 1.807) is 18.5 Å². The molecule has 1 amide bonds. The Morgan fingerprint density at radius 3 is 3.15 bits per heavy atom. The zero-order valence-corrected chi connectivity index (χ0v) is 6.93. The fourth-order valence-electron chi connectivity index (χ4n) is 0.943. The van der Waals surface area contributed by atoms with Crippen LogP contribution in [0.15, 0.2) is 18.5 Å². The van der Waals surface area contributed by atoms with Crippen molar-refractivity contribution in [1.82, 2.24) is 19.6 Å². The van der Waals surface area contributed by atoms with Crippen molar-refractivity contribution in [2.75, 3.05) is 5.32 Å². The number of carbonyl (C=O) groups excluding carboxylic acids is 1. The quantitative estimate of drug-likeness (QED) is 0.669. The Labute approximate surface area is 73.6 Å². The summed E-state index contributed by atoms with van der Waals surface area (Å²) in [5.41, 5.74) is 0. The highest BCUT2D eigenvalue weighted by molar-refractivity contribution is 5.86. The van der Waals surface area contributed by atoms with Gasteiger partial charge in [-0.15, -0.1) is 5.10 Å². The summed E-state index contributed by atoms with van der Waals surface area (Å²) >= 11 is 0. The first-order chi connectivity index (χ1) is 6.25. The van der Waals surface area contributed by atoms with Gasteiger partial charge in [0, 0.05) is 19.3 Å². The van der Waals surface area contributed by atoms with E-state index in [9.17, 15) is 4.79 Å². The molecule has 13 heavy (non-hydrogen) atoms. The molecule has 6 nitrogen and oxygen atoms in total. The number of nitrogens with one attached hydrogen (secondary N) is 1. The van der Waals surface area contributed by atoms with Crippen LogP contribution in [0.2, 0.25) is 0 Å². The summed E-state index contributed by atoms with van der Waals surface area (Å²) in [6.07, 6.45) is 3.32. The van der Waals surface area contributed by atoms with Crippen molar-refractivity contribution in [3.63, 3.8) is 0 Å². The van der Waals surface area contributed by atoms with Gasteiger partial charge in [0.2, 0.25) is 5.91 Å². The second-order valence-corrected chi connectivity index (χ2v) is 2.48. The Morgan fingerprint density at radius 1 is 1.62 bits per heavy atom. The van der Waals surface area contributed by atoms with Gasteiger partial charge in [-0.2, -0.15) is 4.98 Å². The van der Waals surface area contributed by atoms with Crippen LogP contribution in [0.4, 0.5) is 5.95 Å². The third kappa shape index (κ3) is 1.46. The molecule has 2 heterocycles. The van der Waals surface area contributed by atoms with Crippen LogP contribution < -0.4 is 5.32 Å². The Hall–Kier alpha value is -1.98. The molecule has 66 valence electrons. The Morgan fingerprint density at radius 2 is 2.46 bits per heavy atom. The molecule has 0 radical (unpaired) electrons. The van der Waals surface area contributed by atoms with Crippen LogP contribution in [0, 0.1) is 0 Å². The molecule has 0 saturated carbocycles. The topological polar surface area (TPSA) is 72.2 Å². The number of anilines is 1. The molecule has 6 heteroatoms. The summed E-state index contributed by atoms with van der Waals surface area (Å²) < 4.78 is 1.49. The van der Waals surface area contributed by atoms with Crippen LogP contribution in [-0.4, -0.2) is 25.5 Å². The van der Waals surface area contributed by atoms with Gasteiger partial charge in [-0.05, 0) is 6.07 Å². The molecule has 0 saturated heterocycles. The third-order valence-corrected chi connectivity index (χ3v) is 1.40. The monoisotopic (exact) mass is 177 g/mol. The molecule has 0 aliphatic rings. The molecule has 2 aromatic rings. The standard InChI is InChI=1S/C7H7N5O/c1-5(13)9-6-10-7-8-3-2-4-12(7)11-6/h2-4H,1H3,(H,9,11,13). The number of amides is 1. The van der Waals surface area contributed by atoms with Gasteiger partial charge >= 0.3 is 0 Å². The van der Waals surface area contributed by atoms with Crippen LogP contribution in [0.1, 0.15) is 6.92 Å². The van der Waals surface area contributed by atoms with Gasteiger partial charge in [0.05, 0.1) is 0 Å². The summed E-state index contributed by atoms with van der Waals surface area (Å²) in [5, 5.41) is 6.44. The summed E-state index contributed by atoms with van der Waals surface area (Å²) in [4.78, 5) is 18.6. The third-order valence-electron chi connectivity index (χ3n) is 1.40. The molecular weight excluding hydrogens is 170 g/mol. The summed E-state index contributed by atoms with van der Waals surface area (Å²) in [5.74, 6) is 0.536. The highest BCUT2D eigenvalue weighted by Gasteiger charge is 2.03. The first kappa shape index (κ1) is 7.66. The highest BCUT2D eigenvalue weighted by Crippen LogP contribution is 2.00. The van der Waals surface area contributed by atoms with Gasteiger partial charge in [-0.1, -0.05) is 0 Å². The van der Waals surface area contributed by atoms with Crippen molar-refractivity contribution in [2.45, 2.75) is 6.92 Å². The van der Waals surface area contributed by atoms with E-state index in [1.807, 2.05) is 0 Å². The maximum atomic E-state index is 10.7. The smallest absolute Gasteiger partial charge is 0.253 e. The fraction of sp³-hybridized carbons (Fsp3) is 0.143. The number of carbonyl (C=O) groups is 1. The van der Waals surface area contributed by atoms with E-state index in [-0.39, 0.29) is 11.9 Å². The van der Waals surface area contributed by atoms with Crippen LogP contribution in [0.5, 0.6) is 0 Å². The molecule has 2 aromatic heterocycles. The largest absolute Gasteiger partial charge is 0.293 e. The molecule has 2 rings (SSSR count). The molecule has 0 aromatic carbocycles. The summed E-state index contributed by atoms with van der Waals surface area (Å²) in [7, 11) is 0. The van der Waals surface area contributed by atoms with Crippen molar-refractivity contribution in [2.24, 2.45) is 0 Å². The van der Waals surface area contributed by atoms with Crippen LogP contribution >= 0.6 is 0 Å². The minimum atomic E-state index is -0.198. The van der Waals surface area contributed by atoms with Gasteiger partial charge in [-0.3, -0.25) is 10.1 Å². The van der Waals surface area contributed by atoms with E-state index < -0.39 is 0 Å². The zero-order chi connectivity index (χ0) is 9.26. The lowest BCUT2D eigenvalue weighted by Crippen LogP contribution is -2.07. The van der Waals surface area contributed by atoms with Gasteiger partial charge in [0.15, 0.2) is 0 Å². The number of rotatable bonds is 1. The fourth-order valence-corrected chi connectivity index (χ4v) is 0.943. The number of fused-ring (bicyclic) bond motifs is 1. The van der Waals surface area contributed by atoms with Gasteiger partial charge < -0.3 is 0 Å². The van der Waals surface area contributed by atoms with Crippen molar-refractivity contribution in [3.8, 4) is 0 Å². The van der Waals surface area contributed by atoms with Crippen LogP contribution in [-0.2, 0) is 4.79 Å². The molecule has 0 aliphatic carbocycles. The Kier molecular flexibility index (Phi) is 1.66. The predicted molar refractivity (Wildman–Crippen MR) is 45.1 cm³/mol. The normalized spacial score (nSPS) is 10.2. The maximum Gasteiger partial charge on any atom is 0.253 e. The average molecular weight is 177 g/mol. The van der Waals surface area contributed by atoms with E-state index in [4.69, 9.17) is 0 Å². The number of nitrogens with zero attached hydrogens (tertiary/aromatic N) is 4. The zero-order valence-electron chi connectivity index (χ0n) is 6.93. The van der Waals surface area contributed by atoms with Gasteiger partial charge in [0.1, 0.15) is 0 Å². The maximum absolute atomic E-state index is 10.7. The molecule has 0 bridgehead atoms. The minimum Gasteiger partial charge on any atom is -0.293 e. The SMILES string of the molecule is CC(=O)Nc1nc2ncccn2n1. The van der Waals surface area contributed by atoms with Crippen molar-refractivity contribution in [1.29, 1.82) is 0 Å².